The Kier molecular flexibility index (Phi) is 45.2. The van der Waals surface area contributed by atoms with Crippen LogP contribution in [0.3, 0.4) is 0 Å². The summed E-state index contributed by atoms with van der Waals surface area (Å²) in [6.45, 7) is 15.3. The summed E-state index contributed by atoms with van der Waals surface area (Å²) in [6, 6.07) is 0. The fraction of sp³-hybridized carbons (Fsp3) is 0.925. The monoisotopic (exact) mass is 905 g/mol. The van der Waals surface area contributed by atoms with E-state index in [1.807, 2.05) is 0 Å². The predicted octanol–water partition coefficient (Wildman–Crippen LogP) is -0.104. The van der Waals surface area contributed by atoms with E-state index in [9.17, 15) is 14.4 Å². The maximum absolute atomic E-state index is 11.7. The van der Waals surface area contributed by atoms with Crippen LogP contribution >= 0.6 is 0 Å². The number of ether oxygens (including phenoxy) is 17. The van der Waals surface area contributed by atoms with Crippen molar-refractivity contribution in [3.8, 4) is 0 Å². The number of amides is 2. The summed E-state index contributed by atoms with van der Waals surface area (Å²) in [4.78, 5) is 39.3. The molecule has 0 bridgehead atoms. The third kappa shape index (κ3) is 41.9. The van der Waals surface area contributed by atoms with Gasteiger partial charge in [0.05, 0.1) is 224 Å². The number of imide groups is 1. The smallest absolute Gasteiger partial charge is 0.335 e. The molecule has 1 aliphatic rings. The van der Waals surface area contributed by atoms with E-state index in [1.165, 1.54) is 0 Å². The number of carbonyl (C=O) groups excluding carboxylic acids is 3. The quantitative estimate of drug-likeness (QED) is 0.0574. The van der Waals surface area contributed by atoms with E-state index in [2.05, 4.69) is 0 Å². The standard InChI is InChI=1S/C40H75NO21/c1-45-6-7-47-10-11-49-14-15-51-18-19-53-22-23-55-26-27-57-30-31-59-34-35-61-37-36-60-33-32-58-29-28-56-25-24-54-21-20-52-17-16-50-13-12-48-9-8-46-5-4-40(44)62-41-38(42)2-3-39(41)43/h2-37H2,1H3. The van der Waals surface area contributed by atoms with E-state index >= 15 is 0 Å². The molecule has 1 rings (SSSR count). The molecule has 62 heavy (non-hydrogen) atoms. The highest BCUT2D eigenvalue weighted by molar-refractivity contribution is 6.01. The van der Waals surface area contributed by atoms with Crippen LogP contribution in [-0.2, 0) is 99.7 Å². The van der Waals surface area contributed by atoms with Crippen LogP contribution in [0.1, 0.15) is 19.3 Å². The lowest BCUT2D eigenvalue weighted by atomic mass is 10.4. The Morgan fingerprint density at radius 2 is 0.500 bits per heavy atom. The second-order valence-electron chi connectivity index (χ2n) is 12.6. The first-order chi connectivity index (χ1) is 30.6. The Labute approximate surface area is 366 Å². The van der Waals surface area contributed by atoms with Crippen LogP contribution in [0.25, 0.3) is 0 Å². The third-order valence-corrected chi connectivity index (χ3v) is 7.66. The zero-order valence-corrected chi connectivity index (χ0v) is 37.0. The highest BCUT2D eigenvalue weighted by atomic mass is 16.7. The minimum atomic E-state index is -0.702. The van der Waals surface area contributed by atoms with Gasteiger partial charge in [0, 0.05) is 20.0 Å². The highest BCUT2D eigenvalue weighted by Gasteiger charge is 2.32. The molecule has 1 aliphatic heterocycles. The first-order valence-corrected chi connectivity index (χ1v) is 21.4. The van der Waals surface area contributed by atoms with Gasteiger partial charge in [0.1, 0.15) is 0 Å². The molecule has 0 aromatic carbocycles. The van der Waals surface area contributed by atoms with Crippen LogP contribution in [0, 0.1) is 0 Å². The van der Waals surface area contributed by atoms with Crippen LogP contribution in [0.15, 0.2) is 0 Å². The third-order valence-electron chi connectivity index (χ3n) is 7.66. The van der Waals surface area contributed by atoms with Gasteiger partial charge in [0.2, 0.25) is 0 Å². The lowest BCUT2D eigenvalue weighted by Crippen LogP contribution is -2.32. The minimum absolute atomic E-state index is 0.0555. The normalized spacial score (nSPS) is 13.0. The Hall–Kier alpha value is -2.07. The van der Waals surface area contributed by atoms with Crippen molar-refractivity contribution in [2.75, 3.05) is 225 Å². The molecule has 22 heteroatoms. The number of nitrogens with zero attached hydrogens (tertiary/aromatic N) is 1. The molecule has 1 heterocycles. The van der Waals surface area contributed by atoms with Crippen LogP contribution in [-0.4, -0.2) is 248 Å². The average molecular weight is 906 g/mol. The van der Waals surface area contributed by atoms with Gasteiger partial charge in [-0.05, 0) is 0 Å². The van der Waals surface area contributed by atoms with Crippen molar-refractivity contribution in [1.29, 1.82) is 0 Å². The summed E-state index contributed by atoms with van der Waals surface area (Å²) >= 11 is 0. The first kappa shape index (κ1) is 57.9. The molecular weight excluding hydrogens is 830 g/mol. The van der Waals surface area contributed by atoms with Gasteiger partial charge in [-0.15, -0.1) is 5.06 Å². The topological polar surface area (TPSA) is 221 Å². The second kappa shape index (κ2) is 48.4. The molecule has 0 atom stereocenters. The molecule has 0 radical (unpaired) electrons. The SMILES string of the molecule is COCCOCCOCCOCCOCCOCCOCCOCCOCCOCCOCCOCCOCCOCCOCCOCCOCCC(=O)ON1C(=O)CCC1=O. The van der Waals surface area contributed by atoms with E-state index in [-0.39, 0.29) is 32.5 Å². The lowest BCUT2D eigenvalue weighted by Gasteiger charge is -2.12. The van der Waals surface area contributed by atoms with Gasteiger partial charge in [-0.25, -0.2) is 4.79 Å². The maximum atomic E-state index is 11.7. The van der Waals surface area contributed by atoms with Gasteiger partial charge in [-0.2, -0.15) is 0 Å². The van der Waals surface area contributed by atoms with Crippen LogP contribution < -0.4 is 0 Å². The van der Waals surface area contributed by atoms with E-state index in [0.29, 0.717) is 210 Å². The number of rotatable bonds is 52. The second-order valence-corrected chi connectivity index (χ2v) is 12.6. The summed E-state index contributed by atoms with van der Waals surface area (Å²) in [5, 5.41) is 0.518. The van der Waals surface area contributed by atoms with Crippen molar-refractivity contribution in [2.45, 2.75) is 19.3 Å². The van der Waals surface area contributed by atoms with Gasteiger partial charge in [0.25, 0.3) is 11.8 Å². The lowest BCUT2D eigenvalue weighted by molar-refractivity contribution is -0.198. The summed E-state index contributed by atoms with van der Waals surface area (Å²) in [5.41, 5.74) is 0. The zero-order chi connectivity index (χ0) is 44.5. The number of methoxy groups -OCH3 is 1. The summed E-state index contributed by atoms with van der Waals surface area (Å²) in [5.74, 6) is -1.73. The maximum Gasteiger partial charge on any atom is 0.335 e. The summed E-state index contributed by atoms with van der Waals surface area (Å²) in [7, 11) is 1.64. The van der Waals surface area contributed by atoms with Gasteiger partial charge < -0.3 is 85.4 Å². The zero-order valence-electron chi connectivity index (χ0n) is 37.0. The molecule has 0 spiro atoms. The minimum Gasteiger partial charge on any atom is -0.382 e. The molecule has 0 aromatic rings. The van der Waals surface area contributed by atoms with E-state index in [1.54, 1.807) is 7.11 Å². The molecule has 2 amide bonds. The van der Waals surface area contributed by atoms with Gasteiger partial charge in [0.15, 0.2) is 0 Å². The Bertz CT molecular complexity index is 970. The fourth-order valence-corrected chi connectivity index (χ4v) is 4.50. The number of hydroxylamine groups is 2. The summed E-state index contributed by atoms with van der Waals surface area (Å²) < 4.78 is 92.0. The number of carbonyl (C=O) groups is 3. The summed E-state index contributed by atoms with van der Waals surface area (Å²) in [6.07, 6.45) is 0.0329. The average Bonchev–Trinajstić information content (AvgIpc) is 3.59. The van der Waals surface area contributed by atoms with Crippen molar-refractivity contribution in [1.82, 2.24) is 5.06 Å². The van der Waals surface area contributed by atoms with Gasteiger partial charge in [-0.1, -0.05) is 0 Å². The highest BCUT2D eigenvalue weighted by Crippen LogP contribution is 2.12. The van der Waals surface area contributed by atoms with Crippen molar-refractivity contribution >= 4 is 17.8 Å². The van der Waals surface area contributed by atoms with Crippen LogP contribution in [0.5, 0.6) is 0 Å². The Balaban J connectivity index is 1.61. The van der Waals surface area contributed by atoms with Crippen molar-refractivity contribution in [3.63, 3.8) is 0 Å². The van der Waals surface area contributed by atoms with Crippen LogP contribution in [0.2, 0.25) is 0 Å². The molecule has 0 aliphatic carbocycles. The van der Waals surface area contributed by atoms with Crippen molar-refractivity contribution in [3.05, 3.63) is 0 Å². The number of hydrogen-bond donors (Lipinski definition) is 0. The van der Waals surface area contributed by atoms with Crippen LogP contribution in [0.4, 0.5) is 0 Å². The molecule has 0 saturated carbocycles. The first-order valence-electron chi connectivity index (χ1n) is 21.4. The molecule has 1 fully saturated rings. The largest absolute Gasteiger partial charge is 0.382 e. The van der Waals surface area contributed by atoms with Crippen molar-refractivity contribution in [2.24, 2.45) is 0 Å². The van der Waals surface area contributed by atoms with Gasteiger partial charge >= 0.3 is 5.97 Å². The Morgan fingerprint density at radius 3 is 0.694 bits per heavy atom. The molecule has 366 valence electrons. The van der Waals surface area contributed by atoms with E-state index in [0.717, 1.165) is 0 Å². The predicted molar refractivity (Wildman–Crippen MR) is 217 cm³/mol. The molecule has 0 aromatic heterocycles. The Morgan fingerprint density at radius 1 is 0.323 bits per heavy atom. The molecule has 0 N–H and O–H groups in total. The molecule has 0 unspecified atom stereocenters. The fourth-order valence-electron chi connectivity index (χ4n) is 4.50. The molecule has 1 saturated heterocycles. The van der Waals surface area contributed by atoms with Gasteiger partial charge in [-0.3, -0.25) is 9.59 Å². The molecular formula is C40H75NO21. The van der Waals surface area contributed by atoms with E-state index < -0.39 is 17.8 Å². The number of hydrogen-bond acceptors (Lipinski definition) is 21. The van der Waals surface area contributed by atoms with Crippen molar-refractivity contribution < 1.29 is 99.7 Å². The molecule has 22 nitrogen and oxygen atoms in total. The van der Waals surface area contributed by atoms with E-state index in [4.69, 9.17) is 85.4 Å².